The standard InChI is InChI=1S/C18H19NO6S/c1-19(2)26(22,23)15-11-9-14(10-12-15)17(20)25-16(18(21)24-3)13-7-5-4-6-8-13/h4-12,16H,1-3H3. The molecule has 0 saturated carbocycles. The summed E-state index contributed by atoms with van der Waals surface area (Å²) in [5.74, 6) is -1.48. The van der Waals surface area contributed by atoms with E-state index in [0.29, 0.717) is 5.56 Å². The first-order valence-corrected chi connectivity index (χ1v) is 9.07. The zero-order chi connectivity index (χ0) is 19.3. The smallest absolute Gasteiger partial charge is 0.351 e. The summed E-state index contributed by atoms with van der Waals surface area (Å²) in [5.41, 5.74) is 0.590. The number of ether oxygens (including phenoxy) is 2. The Bertz CT molecular complexity index is 876. The van der Waals surface area contributed by atoms with Crippen molar-refractivity contribution in [2.24, 2.45) is 0 Å². The molecule has 2 rings (SSSR count). The monoisotopic (exact) mass is 377 g/mol. The third kappa shape index (κ3) is 4.27. The third-order valence-corrected chi connectivity index (χ3v) is 5.44. The number of carbonyl (C=O) groups is 2. The second-order valence-corrected chi connectivity index (χ2v) is 7.68. The molecule has 8 heteroatoms. The first-order chi connectivity index (χ1) is 12.3. The molecule has 0 spiro atoms. The van der Waals surface area contributed by atoms with E-state index in [4.69, 9.17) is 9.47 Å². The molecule has 0 N–H and O–H groups in total. The predicted octanol–water partition coefficient (Wildman–Crippen LogP) is 2.01. The van der Waals surface area contributed by atoms with Crippen LogP contribution in [0.2, 0.25) is 0 Å². The van der Waals surface area contributed by atoms with E-state index in [9.17, 15) is 18.0 Å². The van der Waals surface area contributed by atoms with Crippen molar-refractivity contribution >= 4 is 22.0 Å². The topological polar surface area (TPSA) is 90.0 Å². The molecule has 0 aromatic heterocycles. The molecule has 0 radical (unpaired) electrons. The third-order valence-electron chi connectivity index (χ3n) is 3.61. The number of hydrogen-bond donors (Lipinski definition) is 0. The molecule has 26 heavy (non-hydrogen) atoms. The molecule has 2 aromatic carbocycles. The Balaban J connectivity index is 2.24. The molecular weight excluding hydrogens is 358 g/mol. The van der Waals surface area contributed by atoms with Gasteiger partial charge in [-0.15, -0.1) is 0 Å². The quantitative estimate of drug-likeness (QED) is 0.716. The second-order valence-electron chi connectivity index (χ2n) is 5.53. The molecular formula is C18H19NO6S. The van der Waals surface area contributed by atoms with Gasteiger partial charge in [-0.3, -0.25) is 0 Å². The van der Waals surface area contributed by atoms with Crippen molar-refractivity contribution in [1.82, 2.24) is 4.31 Å². The molecule has 0 bridgehead atoms. The lowest BCUT2D eigenvalue weighted by Crippen LogP contribution is -2.23. The Morgan fingerprint density at radius 2 is 1.54 bits per heavy atom. The van der Waals surface area contributed by atoms with Gasteiger partial charge in [0.05, 0.1) is 17.6 Å². The van der Waals surface area contributed by atoms with E-state index in [1.807, 2.05) is 0 Å². The van der Waals surface area contributed by atoms with E-state index in [1.165, 1.54) is 45.5 Å². The van der Waals surface area contributed by atoms with Gasteiger partial charge in [-0.25, -0.2) is 22.3 Å². The van der Waals surface area contributed by atoms with Gasteiger partial charge in [-0.05, 0) is 24.3 Å². The van der Waals surface area contributed by atoms with E-state index in [-0.39, 0.29) is 10.5 Å². The number of rotatable bonds is 6. The Morgan fingerprint density at radius 1 is 0.962 bits per heavy atom. The van der Waals surface area contributed by atoms with E-state index < -0.39 is 28.1 Å². The fourth-order valence-corrected chi connectivity index (χ4v) is 3.04. The molecule has 2 aromatic rings. The van der Waals surface area contributed by atoms with Gasteiger partial charge in [-0.1, -0.05) is 30.3 Å². The molecule has 0 heterocycles. The fourth-order valence-electron chi connectivity index (χ4n) is 2.14. The van der Waals surface area contributed by atoms with E-state index in [0.717, 1.165) is 4.31 Å². The predicted molar refractivity (Wildman–Crippen MR) is 93.9 cm³/mol. The number of nitrogens with zero attached hydrogens (tertiary/aromatic N) is 1. The van der Waals surface area contributed by atoms with Crippen molar-refractivity contribution in [2.75, 3.05) is 21.2 Å². The van der Waals surface area contributed by atoms with Gasteiger partial charge >= 0.3 is 11.9 Å². The van der Waals surface area contributed by atoms with E-state index >= 15 is 0 Å². The maximum Gasteiger partial charge on any atom is 0.351 e. The van der Waals surface area contributed by atoms with Crippen LogP contribution in [0.1, 0.15) is 22.0 Å². The zero-order valence-corrected chi connectivity index (χ0v) is 15.4. The maximum absolute atomic E-state index is 12.4. The van der Waals surface area contributed by atoms with Crippen LogP contribution in [0.5, 0.6) is 0 Å². The average molecular weight is 377 g/mol. The Morgan fingerprint density at radius 3 is 2.04 bits per heavy atom. The minimum absolute atomic E-state index is 0.0478. The van der Waals surface area contributed by atoms with Crippen molar-refractivity contribution < 1.29 is 27.5 Å². The summed E-state index contributed by atoms with van der Waals surface area (Å²) >= 11 is 0. The van der Waals surface area contributed by atoms with Crippen LogP contribution in [0.4, 0.5) is 0 Å². The van der Waals surface area contributed by atoms with E-state index in [2.05, 4.69) is 0 Å². The van der Waals surface area contributed by atoms with Crippen molar-refractivity contribution in [1.29, 1.82) is 0 Å². The number of carbonyl (C=O) groups excluding carboxylic acids is 2. The summed E-state index contributed by atoms with van der Waals surface area (Å²) in [6, 6.07) is 13.7. The number of sulfonamides is 1. The Hall–Kier alpha value is -2.71. The minimum Gasteiger partial charge on any atom is -0.466 e. The number of hydrogen-bond acceptors (Lipinski definition) is 6. The van der Waals surface area contributed by atoms with Crippen LogP contribution in [-0.4, -0.2) is 45.9 Å². The molecule has 0 aliphatic heterocycles. The summed E-state index contributed by atoms with van der Waals surface area (Å²) in [7, 11) is 0.436. The molecule has 1 unspecified atom stereocenters. The summed E-state index contributed by atoms with van der Waals surface area (Å²) in [6.45, 7) is 0. The minimum atomic E-state index is -3.60. The average Bonchev–Trinajstić information content (AvgIpc) is 2.66. The molecule has 0 aliphatic rings. The van der Waals surface area contributed by atoms with Gasteiger partial charge < -0.3 is 9.47 Å². The SMILES string of the molecule is COC(=O)C(OC(=O)c1ccc(S(=O)(=O)N(C)C)cc1)c1ccccc1. The highest BCUT2D eigenvalue weighted by Gasteiger charge is 2.26. The van der Waals surface area contributed by atoms with E-state index in [1.54, 1.807) is 30.3 Å². The summed E-state index contributed by atoms with van der Waals surface area (Å²) < 4.78 is 35.1. The highest BCUT2D eigenvalue weighted by Crippen LogP contribution is 2.21. The van der Waals surface area contributed by atoms with Crippen LogP contribution >= 0.6 is 0 Å². The molecule has 0 saturated heterocycles. The summed E-state index contributed by atoms with van der Waals surface area (Å²) in [5, 5.41) is 0. The van der Waals surface area contributed by atoms with Crippen molar-refractivity contribution in [2.45, 2.75) is 11.0 Å². The van der Waals surface area contributed by atoms with Gasteiger partial charge in [0.2, 0.25) is 16.1 Å². The first-order valence-electron chi connectivity index (χ1n) is 7.63. The lowest BCUT2D eigenvalue weighted by Gasteiger charge is -2.16. The van der Waals surface area contributed by atoms with Gasteiger partial charge in [0.25, 0.3) is 0 Å². The first kappa shape index (κ1) is 19.6. The molecule has 7 nitrogen and oxygen atoms in total. The lowest BCUT2D eigenvalue weighted by molar-refractivity contribution is -0.151. The molecule has 0 fully saturated rings. The highest BCUT2D eigenvalue weighted by atomic mass is 32.2. The number of methoxy groups -OCH3 is 1. The Labute approximate surface area is 152 Å². The van der Waals surface area contributed by atoms with Gasteiger partial charge in [0, 0.05) is 19.7 Å². The van der Waals surface area contributed by atoms with Crippen LogP contribution in [0.15, 0.2) is 59.5 Å². The normalized spacial score (nSPS) is 12.5. The van der Waals surface area contributed by atoms with Crippen LogP contribution in [0.3, 0.4) is 0 Å². The second kappa shape index (κ2) is 8.11. The number of benzene rings is 2. The van der Waals surface area contributed by atoms with Crippen LogP contribution in [-0.2, 0) is 24.3 Å². The van der Waals surface area contributed by atoms with Crippen LogP contribution < -0.4 is 0 Å². The highest BCUT2D eigenvalue weighted by molar-refractivity contribution is 7.89. The van der Waals surface area contributed by atoms with Gasteiger partial charge in [-0.2, -0.15) is 0 Å². The fraction of sp³-hybridized carbons (Fsp3) is 0.222. The largest absolute Gasteiger partial charge is 0.466 e. The van der Waals surface area contributed by atoms with Crippen molar-refractivity contribution in [3.05, 3.63) is 65.7 Å². The number of esters is 2. The summed E-state index contributed by atoms with van der Waals surface area (Å²) in [6.07, 6.45) is -1.21. The molecule has 0 amide bonds. The van der Waals surface area contributed by atoms with Crippen molar-refractivity contribution in [3.63, 3.8) is 0 Å². The van der Waals surface area contributed by atoms with Crippen molar-refractivity contribution in [3.8, 4) is 0 Å². The molecule has 138 valence electrons. The lowest BCUT2D eigenvalue weighted by atomic mass is 10.1. The summed E-state index contributed by atoms with van der Waals surface area (Å²) in [4.78, 5) is 24.4. The molecule has 1 atom stereocenters. The molecule has 0 aliphatic carbocycles. The van der Waals surface area contributed by atoms with Crippen LogP contribution in [0.25, 0.3) is 0 Å². The Kier molecular flexibility index (Phi) is 6.12. The maximum atomic E-state index is 12.4. The zero-order valence-electron chi connectivity index (χ0n) is 14.6. The van der Waals surface area contributed by atoms with Crippen LogP contribution in [0, 0.1) is 0 Å². The van der Waals surface area contributed by atoms with Gasteiger partial charge in [0.1, 0.15) is 0 Å². The van der Waals surface area contributed by atoms with Gasteiger partial charge in [0.15, 0.2) is 0 Å².